The quantitative estimate of drug-likeness (QED) is 0.128. The molecule has 0 unspecified atom stereocenters. The van der Waals surface area contributed by atoms with E-state index in [0.29, 0.717) is 54.0 Å². The number of aromatic nitrogens is 1. The van der Waals surface area contributed by atoms with Gasteiger partial charge in [0, 0.05) is 18.2 Å². The molecule has 0 saturated heterocycles. The van der Waals surface area contributed by atoms with Crippen molar-refractivity contribution in [3.05, 3.63) is 118 Å². The number of ether oxygens (including phenoxy) is 2. The Kier molecular flexibility index (Phi) is 10.1. The molecular weight excluding hydrogens is 664 g/mol. The van der Waals surface area contributed by atoms with Crippen molar-refractivity contribution >= 4 is 29.6 Å². The zero-order chi connectivity index (χ0) is 36.2. The molecule has 3 aliphatic rings. The smallest absolute Gasteiger partial charge is 0.310 e. The van der Waals surface area contributed by atoms with Gasteiger partial charge in [-0.15, -0.1) is 0 Å². The Hall–Kier alpha value is -5.78. The molecule has 1 aliphatic carbocycles. The van der Waals surface area contributed by atoms with Gasteiger partial charge in [0.25, 0.3) is 17.7 Å². The lowest BCUT2D eigenvalue weighted by Crippen LogP contribution is -2.50. The molecule has 4 aromatic rings. The summed E-state index contributed by atoms with van der Waals surface area (Å²) < 4.78 is 17.0. The Morgan fingerprint density at radius 3 is 2.33 bits per heavy atom. The molecule has 52 heavy (non-hydrogen) atoms. The van der Waals surface area contributed by atoms with Gasteiger partial charge >= 0.3 is 5.97 Å². The third-order valence-corrected chi connectivity index (χ3v) is 10.1. The van der Waals surface area contributed by atoms with Crippen LogP contribution in [0.5, 0.6) is 5.75 Å². The molecule has 12 heteroatoms. The van der Waals surface area contributed by atoms with E-state index in [0.717, 1.165) is 24.0 Å². The van der Waals surface area contributed by atoms with Crippen molar-refractivity contribution in [2.75, 3.05) is 26.2 Å². The molecule has 12 nitrogen and oxygen atoms in total. The van der Waals surface area contributed by atoms with Crippen molar-refractivity contribution in [2.24, 2.45) is 11.8 Å². The maximum Gasteiger partial charge on any atom is 0.310 e. The Labute approximate surface area is 301 Å². The summed E-state index contributed by atoms with van der Waals surface area (Å²) in [5.74, 6) is -2.10. The second kappa shape index (κ2) is 15.2. The van der Waals surface area contributed by atoms with E-state index in [1.165, 1.54) is 4.90 Å². The molecule has 0 bridgehead atoms. The molecule has 1 aromatic heterocycles. The van der Waals surface area contributed by atoms with Crippen molar-refractivity contribution in [1.29, 1.82) is 0 Å². The maximum absolute atomic E-state index is 14.7. The monoisotopic (exact) mass is 704 g/mol. The lowest BCUT2D eigenvalue weighted by atomic mass is 9.77. The Bertz CT molecular complexity index is 1960. The lowest BCUT2D eigenvalue weighted by molar-refractivity contribution is -0.159. The summed E-state index contributed by atoms with van der Waals surface area (Å²) in [6.45, 7) is 2.32. The molecule has 268 valence electrons. The summed E-state index contributed by atoms with van der Waals surface area (Å²) in [6.07, 6.45) is 3.16. The average molecular weight is 705 g/mol. The van der Waals surface area contributed by atoms with Crippen LogP contribution in [0.1, 0.15) is 85.4 Å². The van der Waals surface area contributed by atoms with Crippen LogP contribution < -0.4 is 10.1 Å². The number of amides is 4. The van der Waals surface area contributed by atoms with Crippen LogP contribution in [0.15, 0.2) is 83.4 Å². The van der Waals surface area contributed by atoms with Crippen molar-refractivity contribution in [3.63, 3.8) is 0 Å². The molecule has 7 rings (SSSR count). The van der Waals surface area contributed by atoms with Gasteiger partial charge in [0.05, 0.1) is 42.1 Å². The van der Waals surface area contributed by atoms with Gasteiger partial charge in [0.1, 0.15) is 24.7 Å². The molecule has 1 fully saturated rings. The van der Waals surface area contributed by atoms with E-state index in [2.05, 4.69) is 10.5 Å². The summed E-state index contributed by atoms with van der Waals surface area (Å²) in [7, 11) is 0. The van der Waals surface area contributed by atoms with E-state index in [1.807, 2.05) is 42.5 Å². The maximum atomic E-state index is 14.7. The van der Waals surface area contributed by atoms with Crippen LogP contribution in [0.4, 0.5) is 0 Å². The lowest BCUT2D eigenvalue weighted by Gasteiger charge is -2.42. The first-order chi connectivity index (χ1) is 25.3. The molecule has 3 heterocycles. The first kappa shape index (κ1) is 34.7. The molecule has 1 saturated carbocycles. The van der Waals surface area contributed by atoms with E-state index in [4.69, 9.17) is 14.0 Å². The van der Waals surface area contributed by atoms with Crippen molar-refractivity contribution in [2.45, 2.75) is 51.7 Å². The van der Waals surface area contributed by atoms with E-state index in [1.54, 1.807) is 48.2 Å². The van der Waals surface area contributed by atoms with Crippen LogP contribution in [0.3, 0.4) is 0 Å². The van der Waals surface area contributed by atoms with Crippen LogP contribution in [0, 0.1) is 18.8 Å². The van der Waals surface area contributed by atoms with Crippen molar-refractivity contribution in [1.82, 2.24) is 20.3 Å². The summed E-state index contributed by atoms with van der Waals surface area (Å²) in [5.41, 5.74) is 3.28. The molecule has 4 amide bonds. The summed E-state index contributed by atoms with van der Waals surface area (Å²) in [6, 6.07) is 22.5. The SMILES string of the molecule is Cc1cc(C(=O)NCCOc2cccc3c2[C@@H](CN2C(=O)c4ccccc4C2=O)N(C(=O)[C@@H]2CCCC[C@@H]2C(=O)OCc2ccccc2)CC3)no1. The first-order valence-electron chi connectivity index (χ1n) is 17.7. The van der Waals surface area contributed by atoms with Gasteiger partial charge in [-0.1, -0.05) is 72.6 Å². The van der Waals surface area contributed by atoms with E-state index < -0.39 is 41.6 Å². The number of carbonyl (C=O) groups is 5. The number of aryl methyl sites for hydroxylation is 1. The predicted octanol–water partition coefficient (Wildman–Crippen LogP) is 5.06. The molecule has 0 spiro atoms. The van der Waals surface area contributed by atoms with Crippen LogP contribution in [0.2, 0.25) is 0 Å². The second-order valence-electron chi connectivity index (χ2n) is 13.4. The third kappa shape index (κ3) is 7.05. The molecule has 3 aromatic carbocycles. The van der Waals surface area contributed by atoms with Crippen molar-refractivity contribution < 1.29 is 38.0 Å². The normalized spacial score (nSPS) is 19.5. The van der Waals surface area contributed by atoms with Crippen LogP contribution in [-0.4, -0.2) is 70.8 Å². The van der Waals surface area contributed by atoms with Gasteiger partial charge in [-0.05, 0) is 55.5 Å². The Balaban J connectivity index is 1.15. The zero-order valence-corrected chi connectivity index (χ0v) is 28.9. The van der Waals surface area contributed by atoms with Gasteiger partial charge < -0.3 is 24.2 Å². The highest BCUT2D eigenvalue weighted by atomic mass is 16.5. The van der Waals surface area contributed by atoms with E-state index in [-0.39, 0.29) is 37.9 Å². The predicted molar refractivity (Wildman–Crippen MR) is 187 cm³/mol. The van der Waals surface area contributed by atoms with Gasteiger partial charge in [-0.2, -0.15) is 0 Å². The number of hydrogen-bond donors (Lipinski definition) is 1. The highest BCUT2D eigenvalue weighted by molar-refractivity contribution is 6.21. The largest absolute Gasteiger partial charge is 0.491 e. The third-order valence-electron chi connectivity index (χ3n) is 10.1. The number of imide groups is 1. The summed E-state index contributed by atoms with van der Waals surface area (Å²) in [4.78, 5) is 71.0. The minimum absolute atomic E-state index is 0.0937. The Morgan fingerprint density at radius 1 is 0.904 bits per heavy atom. The first-order valence-corrected chi connectivity index (χ1v) is 17.7. The minimum atomic E-state index is -0.745. The topological polar surface area (TPSA) is 148 Å². The van der Waals surface area contributed by atoms with Gasteiger partial charge in [0.2, 0.25) is 5.91 Å². The fourth-order valence-electron chi connectivity index (χ4n) is 7.54. The molecule has 3 atom stereocenters. The fraction of sp³-hybridized carbons (Fsp3) is 0.350. The highest BCUT2D eigenvalue weighted by Crippen LogP contribution is 2.41. The number of nitrogens with one attached hydrogen (secondary N) is 1. The van der Waals surface area contributed by atoms with Gasteiger partial charge in [-0.3, -0.25) is 28.9 Å². The molecule has 0 radical (unpaired) electrons. The minimum Gasteiger partial charge on any atom is -0.491 e. The number of nitrogens with zero attached hydrogens (tertiary/aromatic N) is 3. The Morgan fingerprint density at radius 2 is 1.62 bits per heavy atom. The van der Waals surface area contributed by atoms with E-state index >= 15 is 0 Å². The average Bonchev–Trinajstić information content (AvgIpc) is 3.72. The van der Waals surface area contributed by atoms with E-state index in [9.17, 15) is 24.0 Å². The highest BCUT2D eigenvalue weighted by Gasteiger charge is 2.45. The zero-order valence-electron chi connectivity index (χ0n) is 28.9. The van der Waals surface area contributed by atoms with Crippen molar-refractivity contribution in [3.8, 4) is 5.75 Å². The number of rotatable bonds is 11. The van der Waals surface area contributed by atoms with Gasteiger partial charge in [-0.25, -0.2) is 0 Å². The molecule has 2 aliphatic heterocycles. The summed E-state index contributed by atoms with van der Waals surface area (Å²) >= 11 is 0. The second-order valence-corrected chi connectivity index (χ2v) is 13.4. The van der Waals surface area contributed by atoms with Crippen LogP contribution >= 0.6 is 0 Å². The fourth-order valence-corrected chi connectivity index (χ4v) is 7.54. The molecule has 1 N–H and O–H groups in total. The number of fused-ring (bicyclic) bond motifs is 2. The van der Waals surface area contributed by atoms with Crippen LogP contribution in [-0.2, 0) is 27.4 Å². The number of carbonyl (C=O) groups excluding carboxylic acids is 5. The van der Waals surface area contributed by atoms with Gasteiger partial charge in [0.15, 0.2) is 5.69 Å². The number of benzene rings is 3. The standard InChI is InChI=1S/C40H40N4O8/c1-25-22-32(42-52-25)36(45)41-19-21-50-34-17-9-12-27-18-20-43(33(35(27)34)23-44-38(47)28-13-5-6-14-29(28)39(44)48)37(46)30-15-7-8-16-31(30)40(49)51-24-26-10-3-2-4-11-26/h2-6,9-14,17,22,30-31,33H,7-8,15-16,18-21,23-24H2,1H3,(H,41,45)/t30-,31+,33-/m1/s1. The van der Waals surface area contributed by atoms with Crippen LogP contribution in [0.25, 0.3) is 0 Å². The summed E-state index contributed by atoms with van der Waals surface area (Å²) in [5, 5.41) is 6.51. The number of hydrogen-bond acceptors (Lipinski definition) is 9. The molecular formula is C40H40N4O8. The number of esters is 1.